The van der Waals surface area contributed by atoms with Crippen LogP contribution >= 0.6 is 31.9 Å². The van der Waals surface area contributed by atoms with Crippen LogP contribution in [0.4, 0.5) is 5.69 Å². The fraction of sp³-hybridized carbons (Fsp3) is 0.0625. The van der Waals surface area contributed by atoms with E-state index in [0.717, 1.165) is 10.9 Å². The second-order valence-electron chi connectivity index (χ2n) is 9.48. The van der Waals surface area contributed by atoms with Crippen molar-refractivity contribution in [2.45, 2.75) is 6.92 Å². The Kier molecular flexibility index (Phi) is 7.73. The summed E-state index contributed by atoms with van der Waals surface area (Å²) in [6, 6.07) is 27.6. The summed E-state index contributed by atoms with van der Waals surface area (Å²) in [5.41, 5.74) is 3.36. The Morgan fingerprint density at radius 1 is 1.00 bits per heavy atom. The Morgan fingerprint density at radius 3 is 2.48 bits per heavy atom. The van der Waals surface area contributed by atoms with Gasteiger partial charge in [0.1, 0.15) is 11.3 Å². The number of amides is 1. The number of nitrogens with one attached hydrogen (secondary N) is 1. The van der Waals surface area contributed by atoms with Crippen molar-refractivity contribution in [3.05, 3.63) is 121 Å². The fourth-order valence-corrected chi connectivity index (χ4v) is 5.82. The maximum Gasteiger partial charge on any atom is 0.282 e. The number of benzene rings is 4. The highest BCUT2D eigenvalue weighted by molar-refractivity contribution is 9.11. The molecule has 0 aliphatic rings. The molecule has 0 radical (unpaired) electrons. The molecule has 42 heavy (non-hydrogen) atoms. The molecule has 8 nitrogen and oxygen atoms in total. The van der Waals surface area contributed by atoms with Gasteiger partial charge in [0.25, 0.3) is 11.5 Å². The summed E-state index contributed by atoms with van der Waals surface area (Å²) in [4.78, 5) is 30.7. The van der Waals surface area contributed by atoms with E-state index in [2.05, 4.69) is 42.3 Å². The highest BCUT2D eigenvalue weighted by Gasteiger charge is 2.17. The van der Waals surface area contributed by atoms with Crippen LogP contribution in [0.1, 0.15) is 11.1 Å². The summed E-state index contributed by atoms with van der Waals surface area (Å²) in [6.07, 6.45) is 1.55. The topological polar surface area (TPSA) is 98.7 Å². The first-order valence-corrected chi connectivity index (χ1v) is 14.5. The first-order valence-electron chi connectivity index (χ1n) is 12.9. The number of para-hydroxylation sites is 2. The van der Waals surface area contributed by atoms with E-state index in [1.54, 1.807) is 36.5 Å². The lowest BCUT2D eigenvalue weighted by atomic mass is 10.2. The molecule has 2 heterocycles. The molecule has 0 spiro atoms. The third-order valence-corrected chi connectivity index (χ3v) is 7.60. The molecule has 0 aliphatic heterocycles. The van der Waals surface area contributed by atoms with Gasteiger partial charge in [-0.05, 0) is 92.9 Å². The normalized spacial score (nSPS) is 11.4. The van der Waals surface area contributed by atoms with Crippen molar-refractivity contribution >= 4 is 71.5 Å². The summed E-state index contributed by atoms with van der Waals surface area (Å²) in [5, 5.41) is 8.66. The van der Waals surface area contributed by atoms with Crippen LogP contribution in [-0.4, -0.2) is 28.4 Å². The lowest BCUT2D eigenvalue weighted by Crippen LogP contribution is -2.20. The van der Waals surface area contributed by atoms with E-state index >= 15 is 0 Å². The Balaban J connectivity index is 1.28. The highest BCUT2D eigenvalue weighted by atomic mass is 79.9. The third-order valence-electron chi connectivity index (χ3n) is 6.43. The molecule has 6 aromatic rings. The van der Waals surface area contributed by atoms with Gasteiger partial charge in [-0.1, -0.05) is 48.0 Å². The summed E-state index contributed by atoms with van der Waals surface area (Å²) in [6.45, 7) is 1.80. The van der Waals surface area contributed by atoms with E-state index in [1.165, 1.54) is 4.68 Å². The number of ether oxygens (including phenoxy) is 1. The zero-order valence-corrected chi connectivity index (χ0v) is 25.3. The molecule has 0 saturated carbocycles. The minimum Gasteiger partial charge on any atom is -0.481 e. The molecule has 10 heteroatoms. The molecule has 4 aromatic carbocycles. The molecule has 6 rings (SSSR count). The van der Waals surface area contributed by atoms with E-state index in [1.807, 2.05) is 67.6 Å². The number of aromatic nitrogens is 2. The zero-order chi connectivity index (χ0) is 29.2. The summed E-state index contributed by atoms with van der Waals surface area (Å²) in [7, 11) is 0. The first-order chi connectivity index (χ1) is 20.4. The number of carbonyl (C=O) groups excluding carboxylic acids is 1. The van der Waals surface area contributed by atoms with Crippen LogP contribution in [-0.2, 0) is 4.79 Å². The Hall–Kier alpha value is -4.54. The lowest BCUT2D eigenvalue weighted by molar-refractivity contribution is -0.118. The SMILES string of the molecule is Cc1ccc(NC(=O)COc2c(Br)cc(C=Nn3c(-c4cc5ccccc5o4)nc4ccccc4c3=O)cc2Br)cc1. The largest absolute Gasteiger partial charge is 0.481 e. The minimum absolute atomic E-state index is 0.183. The Bertz CT molecular complexity index is 1990. The van der Waals surface area contributed by atoms with E-state index in [0.29, 0.717) is 48.2 Å². The number of hydrogen-bond donors (Lipinski definition) is 1. The van der Waals surface area contributed by atoms with Gasteiger partial charge in [-0.2, -0.15) is 9.78 Å². The zero-order valence-electron chi connectivity index (χ0n) is 22.2. The van der Waals surface area contributed by atoms with Crippen LogP contribution in [0.5, 0.6) is 5.75 Å². The van der Waals surface area contributed by atoms with Crippen molar-refractivity contribution in [1.82, 2.24) is 9.66 Å². The smallest absolute Gasteiger partial charge is 0.282 e. The number of carbonyl (C=O) groups is 1. The average Bonchev–Trinajstić information content (AvgIpc) is 3.42. The first kappa shape index (κ1) is 27.6. The molecule has 208 valence electrons. The molecule has 0 bridgehead atoms. The van der Waals surface area contributed by atoms with Crippen molar-refractivity contribution in [2.24, 2.45) is 5.10 Å². The fourth-order valence-electron chi connectivity index (χ4n) is 4.37. The lowest BCUT2D eigenvalue weighted by Gasteiger charge is -2.12. The summed E-state index contributed by atoms with van der Waals surface area (Å²) >= 11 is 7.05. The third kappa shape index (κ3) is 5.77. The van der Waals surface area contributed by atoms with Gasteiger partial charge >= 0.3 is 0 Å². The van der Waals surface area contributed by atoms with Crippen molar-refractivity contribution in [2.75, 3.05) is 11.9 Å². The Morgan fingerprint density at radius 2 is 1.71 bits per heavy atom. The van der Waals surface area contributed by atoms with Gasteiger partial charge in [0.2, 0.25) is 5.82 Å². The van der Waals surface area contributed by atoms with Crippen LogP contribution in [0.3, 0.4) is 0 Å². The van der Waals surface area contributed by atoms with Crippen molar-refractivity contribution in [3.8, 4) is 17.3 Å². The van der Waals surface area contributed by atoms with Crippen LogP contribution in [0.25, 0.3) is 33.5 Å². The predicted octanol–water partition coefficient (Wildman–Crippen LogP) is 7.54. The van der Waals surface area contributed by atoms with Crippen molar-refractivity contribution in [3.63, 3.8) is 0 Å². The molecular formula is C32H22Br2N4O4. The molecular weight excluding hydrogens is 664 g/mol. The molecule has 0 saturated heterocycles. The van der Waals surface area contributed by atoms with Gasteiger partial charge < -0.3 is 14.5 Å². The minimum atomic E-state index is -0.329. The van der Waals surface area contributed by atoms with E-state index < -0.39 is 0 Å². The van der Waals surface area contributed by atoms with Crippen LogP contribution in [0, 0.1) is 6.92 Å². The number of anilines is 1. The monoisotopic (exact) mass is 684 g/mol. The van der Waals surface area contributed by atoms with Crippen molar-refractivity contribution < 1.29 is 13.9 Å². The van der Waals surface area contributed by atoms with E-state index in [9.17, 15) is 9.59 Å². The molecule has 1 N–H and O–H groups in total. The van der Waals surface area contributed by atoms with Gasteiger partial charge in [-0.25, -0.2) is 4.98 Å². The van der Waals surface area contributed by atoms with Gasteiger partial charge in [0, 0.05) is 11.1 Å². The predicted molar refractivity (Wildman–Crippen MR) is 171 cm³/mol. The maximum atomic E-state index is 13.5. The molecule has 0 atom stereocenters. The highest BCUT2D eigenvalue weighted by Crippen LogP contribution is 2.34. The van der Waals surface area contributed by atoms with Gasteiger partial charge in [-0.15, -0.1) is 0 Å². The molecule has 2 aromatic heterocycles. The number of halogens is 2. The van der Waals surface area contributed by atoms with E-state index in [-0.39, 0.29) is 23.9 Å². The summed E-state index contributed by atoms with van der Waals surface area (Å²) in [5.74, 6) is 0.873. The maximum absolute atomic E-state index is 13.5. The number of aryl methyl sites for hydroxylation is 1. The quantitative estimate of drug-likeness (QED) is 0.175. The van der Waals surface area contributed by atoms with Crippen LogP contribution in [0.15, 0.2) is 114 Å². The second kappa shape index (κ2) is 11.8. The van der Waals surface area contributed by atoms with Gasteiger partial charge in [0.15, 0.2) is 12.4 Å². The van der Waals surface area contributed by atoms with E-state index in [4.69, 9.17) is 14.1 Å². The van der Waals surface area contributed by atoms with Gasteiger partial charge in [-0.3, -0.25) is 9.59 Å². The second-order valence-corrected chi connectivity index (χ2v) is 11.2. The van der Waals surface area contributed by atoms with Crippen molar-refractivity contribution in [1.29, 1.82) is 0 Å². The van der Waals surface area contributed by atoms with Crippen LogP contribution < -0.4 is 15.6 Å². The van der Waals surface area contributed by atoms with Crippen LogP contribution in [0.2, 0.25) is 0 Å². The standard InChI is InChI=1S/C32H22Br2N4O4/c1-19-10-12-22(13-11-19)36-29(39)18-41-30-24(33)14-20(15-25(30)34)17-35-38-31(28-16-21-6-2-5-9-27(21)42-28)37-26-8-4-3-7-23(26)32(38)40/h2-17H,18H2,1H3,(H,36,39). The molecule has 0 unspecified atom stereocenters. The molecule has 0 aliphatic carbocycles. The Labute approximate surface area is 256 Å². The number of fused-ring (bicyclic) bond motifs is 2. The average molecular weight is 686 g/mol. The summed E-state index contributed by atoms with van der Waals surface area (Å²) < 4.78 is 14.3. The number of furan rings is 1. The molecule has 0 fully saturated rings. The molecule has 1 amide bonds. The number of rotatable bonds is 7. The number of nitrogens with zero attached hydrogens (tertiary/aromatic N) is 3. The van der Waals surface area contributed by atoms with Gasteiger partial charge in [0.05, 0.1) is 26.1 Å². The number of hydrogen-bond acceptors (Lipinski definition) is 6.